The lowest BCUT2D eigenvalue weighted by atomic mass is 9.94. The first-order valence-corrected chi connectivity index (χ1v) is 13.9. The molecule has 4 rings (SSSR count). The Bertz CT molecular complexity index is 1350. The number of amides is 2. The molecule has 0 aromatic heterocycles. The largest absolute Gasteiger partial charge is 0.497 e. The van der Waals surface area contributed by atoms with Crippen LogP contribution in [0.4, 0.5) is 0 Å². The van der Waals surface area contributed by atoms with E-state index >= 15 is 0 Å². The maximum absolute atomic E-state index is 13.7. The van der Waals surface area contributed by atoms with Crippen LogP contribution in [0.2, 0.25) is 0 Å². The van der Waals surface area contributed by atoms with E-state index in [1.165, 1.54) is 12.2 Å². The monoisotopic (exact) mass is 552 g/mol. The van der Waals surface area contributed by atoms with E-state index in [0.29, 0.717) is 11.3 Å². The molecule has 0 saturated heterocycles. The van der Waals surface area contributed by atoms with Crippen molar-refractivity contribution in [2.45, 2.75) is 50.3 Å². The summed E-state index contributed by atoms with van der Waals surface area (Å²) in [6, 6.07) is 24.8. The third kappa shape index (κ3) is 9.21. The number of hydrogen-bond donors (Lipinski definition) is 2. The highest BCUT2D eigenvalue weighted by Gasteiger charge is 2.35. The van der Waals surface area contributed by atoms with Gasteiger partial charge in [0.1, 0.15) is 11.8 Å². The number of hydrogen-bond acceptors (Lipinski definition) is 5. The van der Waals surface area contributed by atoms with Crippen LogP contribution in [0.1, 0.15) is 54.8 Å². The van der Waals surface area contributed by atoms with E-state index in [9.17, 15) is 14.4 Å². The van der Waals surface area contributed by atoms with Gasteiger partial charge in [-0.15, -0.1) is 0 Å². The Labute approximate surface area is 241 Å². The van der Waals surface area contributed by atoms with E-state index in [2.05, 4.69) is 10.6 Å². The fraction of sp³-hybridized carbons (Fsp3) is 0.265. The fourth-order valence-corrected chi connectivity index (χ4v) is 4.81. The van der Waals surface area contributed by atoms with E-state index < -0.39 is 29.9 Å². The Morgan fingerprint density at radius 2 is 1.46 bits per heavy atom. The van der Waals surface area contributed by atoms with Gasteiger partial charge in [0.25, 0.3) is 5.91 Å². The molecule has 1 aliphatic rings. The van der Waals surface area contributed by atoms with Gasteiger partial charge in [-0.05, 0) is 53.8 Å². The molecule has 2 amide bonds. The second-order valence-electron chi connectivity index (χ2n) is 9.95. The average molecular weight is 553 g/mol. The van der Waals surface area contributed by atoms with Crippen molar-refractivity contribution in [3.05, 3.63) is 114 Å². The molecule has 7 nitrogen and oxygen atoms in total. The minimum Gasteiger partial charge on any atom is -0.497 e. The quantitative estimate of drug-likeness (QED) is 0.237. The average Bonchev–Trinajstić information content (AvgIpc) is 3.02. The molecule has 1 aliphatic carbocycles. The van der Waals surface area contributed by atoms with E-state index in [0.717, 1.165) is 43.2 Å². The summed E-state index contributed by atoms with van der Waals surface area (Å²) in [6.45, 7) is 0. The van der Waals surface area contributed by atoms with Crippen LogP contribution >= 0.6 is 0 Å². The Hall–Kier alpha value is -4.65. The lowest BCUT2D eigenvalue weighted by Gasteiger charge is -2.30. The van der Waals surface area contributed by atoms with Crippen LogP contribution in [0, 0.1) is 0 Å². The summed E-state index contributed by atoms with van der Waals surface area (Å²) in [5, 5.41) is 5.98. The maximum Gasteiger partial charge on any atom is 0.331 e. The number of methoxy groups -OCH3 is 1. The van der Waals surface area contributed by atoms with Crippen LogP contribution in [0.15, 0.2) is 97.1 Å². The molecule has 212 valence electrons. The van der Waals surface area contributed by atoms with Gasteiger partial charge < -0.3 is 20.1 Å². The second kappa shape index (κ2) is 15.2. The van der Waals surface area contributed by atoms with Crippen LogP contribution < -0.4 is 15.4 Å². The molecule has 0 spiro atoms. The Morgan fingerprint density at radius 1 is 0.805 bits per heavy atom. The predicted octanol–water partition coefficient (Wildman–Crippen LogP) is 5.64. The number of benzene rings is 3. The summed E-state index contributed by atoms with van der Waals surface area (Å²) in [5.41, 5.74) is 2.24. The van der Waals surface area contributed by atoms with Gasteiger partial charge in [0, 0.05) is 18.2 Å². The van der Waals surface area contributed by atoms with E-state index in [1.807, 2.05) is 60.7 Å². The van der Waals surface area contributed by atoms with Crippen molar-refractivity contribution in [2.75, 3.05) is 7.11 Å². The Balaban J connectivity index is 1.59. The second-order valence-corrected chi connectivity index (χ2v) is 9.95. The zero-order valence-corrected chi connectivity index (χ0v) is 23.2. The zero-order valence-electron chi connectivity index (χ0n) is 23.2. The molecule has 0 unspecified atom stereocenters. The summed E-state index contributed by atoms with van der Waals surface area (Å²) in [5.74, 6) is -0.908. The van der Waals surface area contributed by atoms with Crippen molar-refractivity contribution in [3.63, 3.8) is 0 Å². The molecule has 2 N–H and O–H groups in total. The SMILES string of the molecule is COc1cccc(/C=C/C(=O)O[C@@H](C(=O)NC2CCCCC2)[C@@H](NC(=O)/C=C\c2ccccc2)c2ccccc2)c1. The van der Waals surface area contributed by atoms with E-state index in [-0.39, 0.29) is 6.04 Å². The Morgan fingerprint density at radius 3 is 2.17 bits per heavy atom. The van der Waals surface area contributed by atoms with Crippen molar-refractivity contribution < 1.29 is 23.9 Å². The van der Waals surface area contributed by atoms with Crippen molar-refractivity contribution in [3.8, 4) is 5.75 Å². The van der Waals surface area contributed by atoms with Gasteiger partial charge in [-0.2, -0.15) is 0 Å². The predicted molar refractivity (Wildman–Crippen MR) is 160 cm³/mol. The minimum absolute atomic E-state index is 0.00474. The highest BCUT2D eigenvalue weighted by atomic mass is 16.5. The number of carbonyl (C=O) groups excluding carboxylic acids is 3. The summed E-state index contributed by atoms with van der Waals surface area (Å²) in [4.78, 5) is 39.8. The van der Waals surface area contributed by atoms with Crippen molar-refractivity contribution in [1.29, 1.82) is 0 Å². The molecule has 1 saturated carbocycles. The molecule has 1 fully saturated rings. The highest BCUT2D eigenvalue weighted by molar-refractivity contribution is 5.94. The third-order valence-corrected chi connectivity index (χ3v) is 6.94. The van der Waals surface area contributed by atoms with Crippen LogP contribution in [0.25, 0.3) is 12.2 Å². The lowest BCUT2D eigenvalue weighted by Crippen LogP contribution is -2.50. The van der Waals surface area contributed by atoms with Gasteiger partial charge in [-0.25, -0.2) is 4.79 Å². The van der Waals surface area contributed by atoms with Crippen molar-refractivity contribution in [1.82, 2.24) is 10.6 Å². The molecule has 7 heteroatoms. The summed E-state index contributed by atoms with van der Waals surface area (Å²) in [6.07, 6.45) is 9.60. The van der Waals surface area contributed by atoms with Crippen LogP contribution in [0.5, 0.6) is 5.75 Å². The van der Waals surface area contributed by atoms with Crippen LogP contribution in [-0.4, -0.2) is 37.0 Å². The number of ether oxygens (including phenoxy) is 2. The van der Waals surface area contributed by atoms with Crippen molar-refractivity contribution >= 4 is 29.9 Å². The number of nitrogens with one attached hydrogen (secondary N) is 2. The van der Waals surface area contributed by atoms with Gasteiger partial charge >= 0.3 is 5.97 Å². The lowest BCUT2D eigenvalue weighted by molar-refractivity contribution is -0.154. The molecule has 0 bridgehead atoms. The number of carbonyl (C=O) groups is 3. The first-order chi connectivity index (χ1) is 20.0. The fourth-order valence-electron chi connectivity index (χ4n) is 4.81. The topological polar surface area (TPSA) is 93.7 Å². The van der Waals surface area contributed by atoms with Crippen LogP contribution in [0.3, 0.4) is 0 Å². The van der Waals surface area contributed by atoms with Gasteiger partial charge in [-0.1, -0.05) is 92.1 Å². The third-order valence-electron chi connectivity index (χ3n) is 6.94. The van der Waals surface area contributed by atoms with Gasteiger partial charge in [0.2, 0.25) is 12.0 Å². The van der Waals surface area contributed by atoms with Crippen molar-refractivity contribution in [2.24, 2.45) is 0 Å². The molecular formula is C34H36N2O5. The number of rotatable bonds is 11. The molecule has 0 heterocycles. The van der Waals surface area contributed by atoms with Gasteiger partial charge in [0.05, 0.1) is 7.11 Å². The molecule has 3 aromatic rings. The molecule has 0 radical (unpaired) electrons. The van der Waals surface area contributed by atoms with E-state index in [1.54, 1.807) is 43.5 Å². The smallest absolute Gasteiger partial charge is 0.331 e. The highest BCUT2D eigenvalue weighted by Crippen LogP contribution is 2.23. The molecule has 41 heavy (non-hydrogen) atoms. The minimum atomic E-state index is -1.30. The number of esters is 1. The van der Waals surface area contributed by atoms with Gasteiger partial charge in [0.15, 0.2) is 0 Å². The normalized spacial score (nSPS) is 15.2. The first-order valence-electron chi connectivity index (χ1n) is 13.9. The molecule has 0 aliphatic heterocycles. The Kier molecular flexibility index (Phi) is 10.9. The molecule has 2 atom stereocenters. The summed E-state index contributed by atoms with van der Waals surface area (Å²) >= 11 is 0. The standard InChI is InChI=1S/C34H36N2O5/c1-40-29-19-11-14-26(24-29)21-23-31(38)41-33(34(39)35-28-17-9-4-10-18-28)32(27-15-7-3-8-16-27)36-30(37)22-20-25-12-5-2-6-13-25/h2-3,5-8,11-16,19-24,28,32-33H,4,9-10,17-18H2,1H3,(H,35,39)(H,36,37)/b22-20-,23-21+/t32-,33+/m0/s1. The first kappa shape index (κ1) is 29.3. The summed E-state index contributed by atoms with van der Waals surface area (Å²) in [7, 11) is 1.57. The maximum atomic E-state index is 13.7. The van der Waals surface area contributed by atoms with Gasteiger partial charge in [-0.3, -0.25) is 9.59 Å². The zero-order chi connectivity index (χ0) is 28.9. The van der Waals surface area contributed by atoms with E-state index in [4.69, 9.17) is 9.47 Å². The molecule has 3 aromatic carbocycles. The van der Waals surface area contributed by atoms with Crippen LogP contribution in [-0.2, 0) is 19.1 Å². The summed E-state index contributed by atoms with van der Waals surface area (Å²) < 4.78 is 11.1. The molecular weight excluding hydrogens is 516 g/mol.